The molecule has 0 aliphatic heterocycles. The highest BCUT2D eigenvalue weighted by atomic mass is 79.9. The zero-order valence-corrected chi connectivity index (χ0v) is 12.5. The van der Waals surface area contributed by atoms with E-state index in [0.717, 1.165) is 17.0 Å². The minimum atomic E-state index is -0.124. The molecule has 0 fully saturated rings. The van der Waals surface area contributed by atoms with Gasteiger partial charge in [0.15, 0.2) is 5.78 Å². The third-order valence-corrected chi connectivity index (χ3v) is 3.14. The predicted octanol–water partition coefficient (Wildman–Crippen LogP) is 3.83. The van der Waals surface area contributed by atoms with E-state index in [0.29, 0.717) is 0 Å². The van der Waals surface area contributed by atoms with Gasteiger partial charge in [-0.3, -0.25) is 4.79 Å². The second-order valence-corrected chi connectivity index (χ2v) is 6.64. The lowest BCUT2D eigenvalue weighted by molar-refractivity contribution is 0.0995. The first-order valence-electron chi connectivity index (χ1n) is 5.54. The van der Waals surface area contributed by atoms with Gasteiger partial charge >= 0.3 is 0 Å². The van der Waals surface area contributed by atoms with Crippen molar-refractivity contribution in [3.63, 3.8) is 0 Å². The van der Waals surface area contributed by atoms with Crippen molar-refractivity contribution >= 4 is 21.7 Å². The summed E-state index contributed by atoms with van der Waals surface area (Å²) in [7, 11) is 0. The van der Waals surface area contributed by atoms with Gasteiger partial charge in [0.05, 0.1) is 4.83 Å². The molecule has 0 radical (unpaired) electrons. The quantitative estimate of drug-likeness (QED) is 0.598. The molecule has 1 heterocycles. The van der Waals surface area contributed by atoms with Crippen LogP contribution in [-0.2, 0) is 5.54 Å². The summed E-state index contributed by atoms with van der Waals surface area (Å²) < 4.78 is 2.22. The van der Waals surface area contributed by atoms with Crippen LogP contribution in [0.15, 0.2) is 6.07 Å². The molecule has 1 unspecified atom stereocenters. The summed E-state index contributed by atoms with van der Waals surface area (Å²) in [5, 5.41) is 0. The van der Waals surface area contributed by atoms with E-state index in [1.54, 1.807) is 0 Å². The number of carbonyl (C=O) groups is 1. The first-order valence-corrected chi connectivity index (χ1v) is 6.45. The highest BCUT2D eigenvalue weighted by Crippen LogP contribution is 2.25. The molecule has 3 heteroatoms. The summed E-state index contributed by atoms with van der Waals surface area (Å²) in [6, 6.07) is 1.99. The molecule has 1 aromatic rings. The number of Topliss-reactive ketones (excluding diaryl/α,β-unsaturated/α-hetero) is 1. The van der Waals surface area contributed by atoms with E-state index >= 15 is 0 Å². The number of halogens is 1. The van der Waals surface area contributed by atoms with Crippen molar-refractivity contribution in [2.75, 3.05) is 0 Å². The summed E-state index contributed by atoms with van der Waals surface area (Å²) in [4.78, 5) is 11.9. The van der Waals surface area contributed by atoms with Gasteiger partial charge < -0.3 is 4.57 Å². The first-order chi connectivity index (χ1) is 7.16. The van der Waals surface area contributed by atoms with E-state index in [2.05, 4.69) is 41.3 Å². The molecule has 1 aromatic heterocycles. The Kier molecular flexibility index (Phi) is 3.68. The van der Waals surface area contributed by atoms with Crippen LogP contribution in [-0.4, -0.2) is 15.2 Å². The maximum absolute atomic E-state index is 12.0. The van der Waals surface area contributed by atoms with Gasteiger partial charge in [-0.05, 0) is 47.6 Å². The number of aryl methyl sites for hydroxylation is 1. The standard InChI is InChI=1S/C13H20BrNO/c1-8-7-11(12(16)9(2)14)10(3)15(8)13(4,5)6/h7,9H,1-6H3. The van der Waals surface area contributed by atoms with Crippen LogP contribution in [0.2, 0.25) is 0 Å². The molecule has 2 nitrogen and oxygen atoms in total. The Morgan fingerprint density at radius 3 is 2.19 bits per heavy atom. The van der Waals surface area contributed by atoms with E-state index in [1.165, 1.54) is 0 Å². The smallest absolute Gasteiger partial charge is 0.177 e. The molecular formula is C13H20BrNO. The molecule has 0 aliphatic carbocycles. The van der Waals surface area contributed by atoms with E-state index in [-0.39, 0.29) is 16.1 Å². The van der Waals surface area contributed by atoms with Gasteiger partial charge in [0.1, 0.15) is 0 Å². The summed E-state index contributed by atoms with van der Waals surface area (Å²) in [6.45, 7) is 12.4. The fraction of sp³-hybridized carbons (Fsp3) is 0.615. The van der Waals surface area contributed by atoms with Gasteiger partial charge in [-0.15, -0.1) is 0 Å². The van der Waals surface area contributed by atoms with Crippen LogP contribution < -0.4 is 0 Å². The van der Waals surface area contributed by atoms with Crippen molar-refractivity contribution in [2.24, 2.45) is 0 Å². The minimum absolute atomic E-state index is 0.0161. The van der Waals surface area contributed by atoms with Gasteiger partial charge in [0.2, 0.25) is 0 Å². The number of hydrogen-bond acceptors (Lipinski definition) is 1. The molecule has 0 saturated carbocycles. The minimum Gasteiger partial charge on any atom is -0.343 e. The summed E-state index contributed by atoms with van der Waals surface area (Å²) in [5.74, 6) is 0.156. The second-order valence-electron chi connectivity index (χ2n) is 5.27. The number of ketones is 1. The zero-order valence-electron chi connectivity index (χ0n) is 10.9. The summed E-state index contributed by atoms with van der Waals surface area (Å²) >= 11 is 3.34. The van der Waals surface area contributed by atoms with Crippen LogP contribution in [0.3, 0.4) is 0 Å². The van der Waals surface area contributed by atoms with Crippen molar-refractivity contribution in [3.8, 4) is 0 Å². The lowest BCUT2D eigenvalue weighted by Gasteiger charge is -2.25. The molecule has 0 bridgehead atoms. The normalized spacial score (nSPS) is 13.9. The number of aromatic nitrogens is 1. The van der Waals surface area contributed by atoms with Crippen molar-refractivity contribution in [2.45, 2.75) is 51.9 Å². The van der Waals surface area contributed by atoms with Crippen LogP contribution in [0, 0.1) is 13.8 Å². The van der Waals surface area contributed by atoms with Crippen LogP contribution in [0.5, 0.6) is 0 Å². The molecule has 0 aromatic carbocycles. The Morgan fingerprint density at radius 1 is 1.38 bits per heavy atom. The van der Waals surface area contributed by atoms with E-state index in [9.17, 15) is 4.79 Å². The van der Waals surface area contributed by atoms with Crippen molar-refractivity contribution in [3.05, 3.63) is 23.0 Å². The molecule has 1 rings (SSSR count). The molecule has 90 valence electrons. The second kappa shape index (κ2) is 4.36. The number of alkyl halides is 1. The topological polar surface area (TPSA) is 22.0 Å². The lowest BCUT2D eigenvalue weighted by Crippen LogP contribution is -2.24. The Balaban J connectivity index is 3.33. The third-order valence-electron chi connectivity index (χ3n) is 2.73. The number of hydrogen-bond donors (Lipinski definition) is 0. The fourth-order valence-electron chi connectivity index (χ4n) is 2.26. The number of rotatable bonds is 2. The summed E-state index contributed by atoms with van der Waals surface area (Å²) in [5.41, 5.74) is 3.04. The summed E-state index contributed by atoms with van der Waals surface area (Å²) in [6.07, 6.45) is 0. The maximum Gasteiger partial charge on any atom is 0.177 e. The van der Waals surface area contributed by atoms with E-state index < -0.39 is 0 Å². The highest BCUT2D eigenvalue weighted by Gasteiger charge is 2.24. The molecule has 0 spiro atoms. The highest BCUT2D eigenvalue weighted by molar-refractivity contribution is 9.10. The van der Waals surface area contributed by atoms with E-state index in [1.807, 2.05) is 26.8 Å². The van der Waals surface area contributed by atoms with E-state index in [4.69, 9.17) is 0 Å². The van der Waals surface area contributed by atoms with Crippen molar-refractivity contribution in [1.82, 2.24) is 4.57 Å². The Labute approximate surface area is 106 Å². The predicted molar refractivity (Wildman–Crippen MR) is 71.6 cm³/mol. The van der Waals surface area contributed by atoms with Gasteiger partial charge in [-0.1, -0.05) is 15.9 Å². The lowest BCUT2D eigenvalue weighted by atomic mass is 10.1. The largest absolute Gasteiger partial charge is 0.343 e. The van der Waals surface area contributed by atoms with Gasteiger partial charge in [-0.25, -0.2) is 0 Å². The molecule has 0 aliphatic rings. The fourth-order valence-corrected chi connectivity index (χ4v) is 2.51. The van der Waals surface area contributed by atoms with Gasteiger partial charge in [0, 0.05) is 22.5 Å². The molecule has 16 heavy (non-hydrogen) atoms. The molecular weight excluding hydrogens is 266 g/mol. The van der Waals surface area contributed by atoms with Gasteiger partial charge in [-0.2, -0.15) is 0 Å². The molecule has 0 amide bonds. The monoisotopic (exact) mass is 285 g/mol. The Morgan fingerprint density at radius 2 is 1.88 bits per heavy atom. The average Bonchev–Trinajstić information content (AvgIpc) is 2.38. The van der Waals surface area contributed by atoms with Gasteiger partial charge in [0.25, 0.3) is 0 Å². The Bertz CT molecular complexity index is 410. The SMILES string of the molecule is Cc1cc(C(=O)C(C)Br)c(C)n1C(C)(C)C. The third kappa shape index (κ3) is 2.40. The molecule has 1 atom stereocenters. The average molecular weight is 286 g/mol. The van der Waals surface area contributed by atoms with Crippen molar-refractivity contribution in [1.29, 1.82) is 0 Å². The Hall–Kier alpha value is -0.570. The number of nitrogens with zero attached hydrogens (tertiary/aromatic N) is 1. The number of carbonyl (C=O) groups excluding carboxylic acids is 1. The maximum atomic E-state index is 12.0. The van der Waals surface area contributed by atoms with Crippen LogP contribution >= 0.6 is 15.9 Å². The van der Waals surface area contributed by atoms with Crippen LogP contribution in [0.4, 0.5) is 0 Å². The zero-order chi connectivity index (χ0) is 12.7. The van der Waals surface area contributed by atoms with Crippen LogP contribution in [0.25, 0.3) is 0 Å². The van der Waals surface area contributed by atoms with Crippen molar-refractivity contribution < 1.29 is 4.79 Å². The first kappa shape index (κ1) is 13.5. The molecule has 0 saturated heterocycles. The van der Waals surface area contributed by atoms with Crippen LogP contribution in [0.1, 0.15) is 49.4 Å². The molecule has 0 N–H and O–H groups in total.